The molecular formula is C13H18N2O7S. The fourth-order valence-corrected chi connectivity index (χ4v) is 2.67. The van der Waals surface area contributed by atoms with Gasteiger partial charge < -0.3 is 9.84 Å². The lowest BCUT2D eigenvalue weighted by Gasteiger charge is -2.20. The molecule has 1 atom stereocenters. The van der Waals surface area contributed by atoms with E-state index in [1.807, 2.05) is 0 Å². The summed E-state index contributed by atoms with van der Waals surface area (Å²) in [4.78, 5) is 21.6. The maximum Gasteiger partial charge on any atom is 0.421 e. The number of aliphatic hydroxyl groups excluding tert-OH is 1. The average molecular weight is 346 g/mol. The third-order valence-electron chi connectivity index (χ3n) is 2.51. The monoisotopic (exact) mass is 346 g/mol. The van der Waals surface area contributed by atoms with Gasteiger partial charge in [0.25, 0.3) is 5.69 Å². The van der Waals surface area contributed by atoms with Crippen LogP contribution in [0.25, 0.3) is 0 Å². The SMILES string of the molecule is CC(C)(C)OC(=O)NS(=O)(=O)CC(O)c1ccccc1[N+](=O)[O-]. The third-order valence-corrected chi connectivity index (χ3v) is 3.74. The van der Waals surface area contributed by atoms with Crippen LogP contribution in [0, 0.1) is 10.1 Å². The maximum absolute atomic E-state index is 11.8. The van der Waals surface area contributed by atoms with Crippen molar-refractivity contribution in [3.8, 4) is 0 Å². The molecule has 1 rings (SSSR count). The van der Waals surface area contributed by atoms with Gasteiger partial charge in [0.2, 0.25) is 10.0 Å². The standard InChI is InChI=1S/C13H18N2O7S/c1-13(2,3)22-12(17)14-23(20,21)8-11(16)9-6-4-5-7-10(9)15(18)19/h4-7,11,16H,8H2,1-3H3,(H,14,17). The number of aliphatic hydroxyl groups is 1. The third kappa shape index (κ3) is 6.20. The molecule has 128 valence electrons. The number of nitrogens with one attached hydrogen (secondary N) is 1. The number of benzene rings is 1. The van der Waals surface area contributed by atoms with Gasteiger partial charge in [-0.1, -0.05) is 12.1 Å². The van der Waals surface area contributed by atoms with E-state index in [1.165, 1.54) is 18.2 Å². The minimum atomic E-state index is -4.24. The topological polar surface area (TPSA) is 136 Å². The van der Waals surface area contributed by atoms with Crippen molar-refractivity contribution in [2.45, 2.75) is 32.5 Å². The first-order chi connectivity index (χ1) is 10.4. The van der Waals surface area contributed by atoms with Crippen LogP contribution >= 0.6 is 0 Å². The predicted octanol–water partition coefficient (Wildman–Crippen LogP) is 1.48. The van der Waals surface area contributed by atoms with Gasteiger partial charge in [-0.05, 0) is 26.8 Å². The molecule has 1 unspecified atom stereocenters. The van der Waals surface area contributed by atoms with Crippen molar-refractivity contribution in [1.29, 1.82) is 0 Å². The molecule has 0 heterocycles. The lowest BCUT2D eigenvalue weighted by Crippen LogP contribution is -2.38. The number of carbonyl (C=O) groups is 1. The number of nitro groups is 1. The zero-order valence-corrected chi connectivity index (χ0v) is 13.7. The van der Waals surface area contributed by atoms with Crippen LogP contribution < -0.4 is 4.72 Å². The predicted molar refractivity (Wildman–Crippen MR) is 81.2 cm³/mol. The van der Waals surface area contributed by atoms with E-state index in [0.29, 0.717) is 0 Å². The average Bonchev–Trinajstić information content (AvgIpc) is 2.34. The van der Waals surface area contributed by atoms with Crippen molar-refractivity contribution in [2.24, 2.45) is 0 Å². The molecule has 0 aliphatic carbocycles. The van der Waals surface area contributed by atoms with Gasteiger partial charge in [-0.25, -0.2) is 17.9 Å². The Morgan fingerprint density at radius 1 is 1.39 bits per heavy atom. The van der Waals surface area contributed by atoms with E-state index in [1.54, 1.807) is 25.5 Å². The van der Waals surface area contributed by atoms with Gasteiger partial charge >= 0.3 is 6.09 Å². The zero-order valence-electron chi connectivity index (χ0n) is 12.8. The number of nitrogens with zero attached hydrogens (tertiary/aromatic N) is 1. The molecule has 9 nitrogen and oxygen atoms in total. The molecule has 1 aromatic rings. The van der Waals surface area contributed by atoms with Crippen LogP contribution in [0.4, 0.5) is 10.5 Å². The minimum Gasteiger partial charge on any atom is -0.443 e. The van der Waals surface area contributed by atoms with Crippen LogP contribution in [0.15, 0.2) is 24.3 Å². The maximum atomic E-state index is 11.8. The van der Waals surface area contributed by atoms with Crippen LogP contribution in [0.3, 0.4) is 0 Å². The first-order valence-corrected chi connectivity index (χ1v) is 8.21. The summed E-state index contributed by atoms with van der Waals surface area (Å²) in [5.41, 5.74) is -1.46. The summed E-state index contributed by atoms with van der Waals surface area (Å²) in [6.45, 7) is 4.67. The highest BCUT2D eigenvalue weighted by Gasteiger charge is 2.27. The fraction of sp³-hybridized carbons (Fsp3) is 0.462. The Morgan fingerprint density at radius 2 is 1.96 bits per heavy atom. The largest absolute Gasteiger partial charge is 0.443 e. The van der Waals surface area contributed by atoms with Gasteiger partial charge in [0.1, 0.15) is 11.7 Å². The van der Waals surface area contributed by atoms with Crippen LogP contribution in [0.2, 0.25) is 0 Å². The Kier molecular flexibility index (Phi) is 5.67. The molecule has 1 aromatic carbocycles. The van der Waals surface area contributed by atoms with Crippen molar-refractivity contribution in [1.82, 2.24) is 4.72 Å². The molecule has 23 heavy (non-hydrogen) atoms. The summed E-state index contributed by atoms with van der Waals surface area (Å²) in [6.07, 6.45) is -2.86. The number of hydrogen-bond acceptors (Lipinski definition) is 7. The summed E-state index contributed by atoms with van der Waals surface area (Å²) in [6, 6.07) is 5.21. The number of carbonyl (C=O) groups excluding carboxylic acids is 1. The molecule has 1 amide bonds. The molecule has 0 saturated carbocycles. The Balaban J connectivity index is 2.86. The zero-order chi connectivity index (χ0) is 17.8. The van der Waals surface area contributed by atoms with Gasteiger partial charge in [-0.15, -0.1) is 0 Å². The van der Waals surface area contributed by atoms with E-state index in [-0.39, 0.29) is 5.56 Å². The number of amides is 1. The fourth-order valence-electron chi connectivity index (χ4n) is 1.70. The Morgan fingerprint density at radius 3 is 2.48 bits per heavy atom. The normalized spacial score (nSPS) is 13.2. The summed E-state index contributed by atoms with van der Waals surface area (Å²) in [5.74, 6) is -0.920. The quantitative estimate of drug-likeness (QED) is 0.608. The van der Waals surface area contributed by atoms with Gasteiger partial charge in [0.15, 0.2) is 0 Å². The van der Waals surface area contributed by atoms with E-state index in [4.69, 9.17) is 4.74 Å². The molecule has 0 aromatic heterocycles. The number of sulfonamides is 1. The Hall–Kier alpha value is -2.20. The van der Waals surface area contributed by atoms with Crippen LogP contribution in [-0.2, 0) is 14.8 Å². The molecule has 0 radical (unpaired) electrons. The summed E-state index contributed by atoms with van der Waals surface area (Å²) < 4.78 is 30.1. The number of ether oxygens (including phenoxy) is 1. The Bertz CT molecular complexity index is 695. The summed E-state index contributed by atoms with van der Waals surface area (Å²) in [5, 5.41) is 20.8. The van der Waals surface area contributed by atoms with Crippen LogP contribution in [-0.4, -0.2) is 35.9 Å². The molecule has 0 saturated heterocycles. The van der Waals surface area contributed by atoms with Crippen molar-refractivity contribution in [2.75, 3.05) is 5.75 Å². The molecular weight excluding hydrogens is 328 g/mol. The van der Waals surface area contributed by atoms with Gasteiger partial charge in [0.05, 0.1) is 16.2 Å². The van der Waals surface area contributed by atoms with E-state index in [2.05, 4.69) is 0 Å². The van der Waals surface area contributed by atoms with Crippen LogP contribution in [0.5, 0.6) is 0 Å². The Labute approximate surface area is 133 Å². The number of rotatable bonds is 5. The van der Waals surface area contributed by atoms with Crippen molar-refractivity contribution in [3.63, 3.8) is 0 Å². The molecule has 10 heteroatoms. The second-order valence-electron chi connectivity index (χ2n) is 5.72. The summed E-state index contributed by atoms with van der Waals surface area (Å²) >= 11 is 0. The van der Waals surface area contributed by atoms with E-state index in [9.17, 15) is 28.4 Å². The molecule has 0 bridgehead atoms. The van der Waals surface area contributed by atoms with Gasteiger partial charge in [-0.2, -0.15) is 0 Å². The first-order valence-electron chi connectivity index (χ1n) is 6.56. The highest BCUT2D eigenvalue weighted by molar-refractivity contribution is 7.90. The lowest BCUT2D eigenvalue weighted by atomic mass is 10.1. The number of nitro benzene ring substituents is 1. The molecule has 2 N–H and O–H groups in total. The molecule has 0 spiro atoms. The first kappa shape index (κ1) is 18.8. The highest BCUT2D eigenvalue weighted by Crippen LogP contribution is 2.25. The lowest BCUT2D eigenvalue weighted by molar-refractivity contribution is -0.386. The highest BCUT2D eigenvalue weighted by atomic mass is 32.2. The van der Waals surface area contributed by atoms with E-state index >= 15 is 0 Å². The van der Waals surface area contributed by atoms with E-state index in [0.717, 1.165) is 6.07 Å². The molecule has 0 fully saturated rings. The second kappa shape index (κ2) is 6.92. The number of para-hydroxylation sites is 1. The van der Waals surface area contributed by atoms with Crippen LogP contribution in [0.1, 0.15) is 32.4 Å². The van der Waals surface area contributed by atoms with Crippen molar-refractivity contribution < 1.29 is 28.0 Å². The number of hydrogen-bond donors (Lipinski definition) is 2. The summed E-state index contributed by atoms with van der Waals surface area (Å²) in [7, 11) is -4.24. The van der Waals surface area contributed by atoms with E-state index < -0.39 is 44.2 Å². The van der Waals surface area contributed by atoms with Crippen molar-refractivity contribution in [3.05, 3.63) is 39.9 Å². The minimum absolute atomic E-state index is 0.160. The second-order valence-corrected chi connectivity index (χ2v) is 7.48. The molecule has 0 aliphatic rings. The van der Waals surface area contributed by atoms with Crippen molar-refractivity contribution >= 4 is 21.8 Å². The smallest absolute Gasteiger partial charge is 0.421 e. The molecule has 0 aliphatic heterocycles. The van der Waals surface area contributed by atoms with Gasteiger partial charge in [-0.3, -0.25) is 10.1 Å². The van der Waals surface area contributed by atoms with Gasteiger partial charge in [0, 0.05) is 6.07 Å².